The molecular weight excluding hydrogens is 355 g/mol. The second kappa shape index (κ2) is 6.19. The summed E-state index contributed by atoms with van der Waals surface area (Å²) >= 11 is 16.6. The summed E-state index contributed by atoms with van der Waals surface area (Å²) < 4.78 is 2.67. The second-order valence-corrected chi connectivity index (χ2v) is 6.64. The number of fused-ring (bicyclic) bond motifs is 1. The first-order valence-corrected chi connectivity index (χ1v) is 8.17. The molecule has 0 saturated heterocycles. The smallest absolute Gasteiger partial charge is 0.271 e. The van der Waals surface area contributed by atoms with Gasteiger partial charge in [-0.3, -0.25) is 4.57 Å². The van der Waals surface area contributed by atoms with Gasteiger partial charge in [-0.15, -0.1) is 0 Å². The average Bonchev–Trinajstić information content (AvgIpc) is 2.74. The number of hydrogen-bond acceptors (Lipinski definition) is 4. The molecule has 8 heteroatoms. The molecule has 23 heavy (non-hydrogen) atoms. The molecule has 0 amide bonds. The predicted octanol–water partition coefficient (Wildman–Crippen LogP) is 3.76. The topological polar surface area (TPSA) is 52.7 Å². The molecule has 0 radical (unpaired) electrons. The molecule has 0 N–H and O–H groups in total. The quantitative estimate of drug-likeness (QED) is 0.565. The van der Waals surface area contributed by atoms with Gasteiger partial charge in [-0.2, -0.15) is 0 Å². The Balaban J connectivity index is 2.26. The Kier molecular flexibility index (Phi) is 4.40. The highest BCUT2D eigenvalue weighted by Crippen LogP contribution is 2.24. The van der Waals surface area contributed by atoms with Gasteiger partial charge in [-0.1, -0.05) is 68.1 Å². The maximum Gasteiger partial charge on any atom is 0.340 e. The summed E-state index contributed by atoms with van der Waals surface area (Å²) in [7, 11) is 0. The third-order valence-electron chi connectivity index (χ3n) is 3.52. The number of imidazole rings is 1. The van der Waals surface area contributed by atoms with Crippen LogP contribution in [0.2, 0.25) is 10.2 Å². The van der Waals surface area contributed by atoms with E-state index in [2.05, 4.69) is 22.8 Å². The molecule has 0 atom stereocenters. The number of nitrogens with zero attached hydrogens (tertiary/aromatic N) is 4. The Morgan fingerprint density at radius 2 is 1.91 bits per heavy atom. The van der Waals surface area contributed by atoms with E-state index in [-0.39, 0.29) is 23.3 Å². The lowest BCUT2D eigenvalue weighted by atomic mass is 10.2. The van der Waals surface area contributed by atoms with Gasteiger partial charge in [-0.25, -0.2) is 18.7 Å². The zero-order valence-corrected chi connectivity index (χ0v) is 14.9. The van der Waals surface area contributed by atoms with Crippen LogP contribution >= 0.6 is 36.0 Å². The molecule has 0 aliphatic rings. The van der Waals surface area contributed by atoms with Crippen LogP contribution in [0, 0.1) is 0 Å². The summed E-state index contributed by atoms with van der Waals surface area (Å²) in [5.41, 5.74) is 1.34. The van der Waals surface area contributed by atoms with E-state index in [4.69, 9.17) is 23.2 Å². The number of benzene rings is 1. The summed E-state index contributed by atoms with van der Waals surface area (Å²) in [5.74, 6) is 0.665. The fourth-order valence-corrected chi connectivity index (χ4v) is 3.10. The van der Waals surface area contributed by atoms with Crippen molar-refractivity contribution >= 4 is 47.2 Å². The van der Waals surface area contributed by atoms with E-state index < -0.39 is 0 Å². The van der Waals surface area contributed by atoms with Crippen molar-refractivity contribution in [1.29, 1.82) is 0 Å². The first-order chi connectivity index (χ1) is 10.9. The summed E-state index contributed by atoms with van der Waals surface area (Å²) in [6.45, 7) is 4.21. The highest BCUT2D eigenvalue weighted by molar-refractivity contribution is 7.78. The Labute approximate surface area is 148 Å². The van der Waals surface area contributed by atoms with Crippen LogP contribution < -0.4 is 5.69 Å². The molecule has 2 aromatic heterocycles. The molecule has 120 valence electrons. The molecule has 0 unspecified atom stereocenters. The molecule has 0 bridgehead atoms. The minimum absolute atomic E-state index is 0.0871. The molecule has 5 nitrogen and oxygen atoms in total. The van der Waals surface area contributed by atoms with Crippen molar-refractivity contribution in [2.75, 3.05) is 0 Å². The molecule has 0 spiro atoms. The molecule has 0 aliphatic heterocycles. The van der Waals surface area contributed by atoms with Crippen molar-refractivity contribution in [3.63, 3.8) is 0 Å². The summed E-state index contributed by atoms with van der Waals surface area (Å²) in [4.78, 5) is 21.3. The van der Waals surface area contributed by atoms with Gasteiger partial charge < -0.3 is 0 Å². The van der Waals surface area contributed by atoms with Gasteiger partial charge in [0.15, 0.2) is 10.8 Å². The van der Waals surface area contributed by atoms with Crippen molar-refractivity contribution in [3.05, 3.63) is 56.3 Å². The van der Waals surface area contributed by atoms with Crippen LogP contribution in [-0.2, 0) is 6.54 Å². The van der Waals surface area contributed by atoms with E-state index >= 15 is 0 Å². The monoisotopic (exact) mass is 368 g/mol. The molecule has 3 rings (SSSR count). The van der Waals surface area contributed by atoms with Gasteiger partial charge in [0.2, 0.25) is 0 Å². The van der Waals surface area contributed by atoms with E-state index in [1.807, 2.05) is 32.0 Å². The van der Waals surface area contributed by atoms with Gasteiger partial charge in [-0.05, 0) is 11.6 Å². The standard InChI is InChI=1S/C15H14Cl2N4OS/c1-8(2)13-18-12(17)11-14(19-13)20(15(22)21(11)23)7-9-5-3-4-6-10(9)16/h3-6,8,23H,7H2,1-2H3. The van der Waals surface area contributed by atoms with Crippen molar-refractivity contribution < 1.29 is 0 Å². The average molecular weight is 369 g/mol. The first kappa shape index (κ1) is 16.4. The maximum absolute atomic E-state index is 12.5. The fourth-order valence-electron chi connectivity index (χ4n) is 2.30. The minimum atomic E-state index is -0.333. The lowest BCUT2D eigenvalue weighted by Crippen LogP contribution is -2.21. The zero-order chi connectivity index (χ0) is 16.7. The summed E-state index contributed by atoms with van der Waals surface area (Å²) in [6.07, 6.45) is 0. The highest BCUT2D eigenvalue weighted by atomic mass is 35.5. The Morgan fingerprint density at radius 3 is 2.57 bits per heavy atom. The largest absolute Gasteiger partial charge is 0.340 e. The fraction of sp³-hybridized carbons (Fsp3) is 0.267. The highest BCUT2D eigenvalue weighted by Gasteiger charge is 2.19. The summed E-state index contributed by atoms with van der Waals surface area (Å²) in [5, 5.41) is 0.799. The first-order valence-electron chi connectivity index (χ1n) is 7.01. The lowest BCUT2D eigenvalue weighted by molar-refractivity contribution is 0.748. The van der Waals surface area contributed by atoms with Crippen molar-refractivity contribution in [3.8, 4) is 0 Å². The van der Waals surface area contributed by atoms with Crippen LogP contribution in [0.25, 0.3) is 11.2 Å². The van der Waals surface area contributed by atoms with Crippen molar-refractivity contribution in [2.24, 2.45) is 0 Å². The normalized spacial score (nSPS) is 11.6. The van der Waals surface area contributed by atoms with Crippen molar-refractivity contribution in [1.82, 2.24) is 18.5 Å². The number of thiol groups is 1. The number of aromatic nitrogens is 4. The SMILES string of the molecule is CC(C)c1nc(Cl)c2c(n1)n(Cc1ccccc1Cl)c(=O)n2S. The van der Waals surface area contributed by atoms with Crippen LogP contribution in [0.5, 0.6) is 0 Å². The van der Waals surface area contributed by atoms with Crippen molar-refractivity contribution in [2.45, 2.75) is 26.3 Å². The molecule has 2 heterocycles. The van der Waals surface area contributed by atoms with E-state index in [1.165, 1.54) is 8.54 Å². The van der Waals surface area contributed by atoms with Crippen LogP contribution in [0.15, 0.2) is 29.1 Å². The van der Waals surface area contributed by atoms with E-state index in [0.29, 0.717) is 22.0 Å². The number of hydrogen-bond donors (Lipinski definition) is 1. The summed E-state index contributed by atoms with van der Waals surface area (Å²) in [6, 6.07) is 7.35. The van der Waals surface area contributed by atoms with Crippen LogP contribution in [0.3, 0.4) is 0 Å². The molecule has 3 aromatic rings. The van der Waals surface area contributed by atoms with E-state index in [1.54, 1.807) is 6.07 Å². The maximum atomic E-state index is 12.5. The third-order valence-corrected chi connectivity index (χ3v) is 4.53. The van der Waals surface area contributed by atoms with Crippen LogP contribution in [-0.4, -0.2) is 18.5 Å². The molecule has 1 aromatic carbocycles. The third kappa shape index (κ3) is 2.86. The van der Waals surface area contributed by atoms with Crippen LogP contribution in [0.1, 0.15) is 31.2 Å². The Hall–Kier alpha value is -1.50. The molecule has 0 aliphatic carbocycles. The van der Waals surface area contributed by atoms with Gasteiger partial charge >= 0.3 is 5.69 Å². The van der Waals surface area contributed by atoms with E-state index in [0.717, 1.165) is 5.56 Å². The lowest BCUT2D eigenvalue weighted by Gasteiger charge is -2.08. The van der Waals surface area contributed by atoms with Gasteiger partial charge in [0.1, 0.15) is 11.3 Å². The van der Waals surface area contributed by atoms with Crippen LogP contribution in [0.4, 0.5) is 0 Å². The minimum Gasteiger partial charge on any atom is -0.271 e. The van der Waals surface area contributed by atoms with Gasteiger partial charge in [0.25, 0.3) is 0 Å². The number of halogens is 2. The second-order valence-electron chi connectivity index (χ2n) is 5.47. The Bertz CT molecular complexity index is 949. The van der Waals surface area contributed by atoms with E-state index in [9.17, 15) is 4.79 Å². The molecular formula is C15H14Cl2N4OS. The Morgan fingerprint density at radius 1 is 1.22 bits per heavy atom. The molecule has 0 fully saturated rings. The predicted molar refractivity (Wildman–Crippen MR) is 95.8 cm³/mol. The van der Waals surface area contributed by atoms with Gasteiger partial charge in [0.05, 0.1) is 6.54 Å². The molecule has 0 saturated carbocycles. The van der Waals surface area contributed by atoms with Gasteiger partial charge in [0, 0.05) is 10.9 Å². The zero-order valence-electron chi connectivity index (χ0n) is 12.5. The number of rotatable bonds is 3.